The highest BCUT2D eigenvalue weighted by molar-refractivity contribution is 6.28. The third-order valence-corrected chi connectivity index (χ3v) is 4.88. The number of aromatic nitrogens is 2. The fourth-order valence-corrected chi connectivity index (χ4v) is 3.44. The molecule has 0 bridgehead atoms. The lowest BCUT2D eigenvalue weighted by atomic mass is 9.98. The lowest BCUT2D eigenvalue weighted by Gasteiger charge is -2.08. The maximum absolute atomic E-state index is 8.59. The normalized spacial score (nSPS) is 12.9. The van der Waals surface area contributed by atoms with Crippen LogP contribution in [-0.4, -0.2) is 9.97 Å². The number of halogens is 1. The Balaban J connectivity index is 1.63. The Bertz CT molecular complexity index is 1470. The fourth-order valence-electron chi connectivity index (χ4n) is 3.27. The number of hydrogen-bond donors (Lipinski definition) is 0. The second kappa shape index (κ2) is 7.50. The predicted molar refractivity (Wildman–Crippen MR) is 121 cm³/mol. The van der Waals surface area contributed by atoms with Gasteiger partial charge in [-0.3, -0.25) is 0 Å². The summed E-state index contributed by atoms with van der Waals surface area (Å²) < 4.78 is 34.2. The van der Waals surface area contributed by atoms with Gasteiger partial charge in [0, 0.05) is 10.9 Å². The summed E-state index contributed by atoms with van der Waals surface area (Å²) in [6, 6.07) is 23.7. The average molecular weight is 397 g/mol. The van der Waals surface area contributed by atoms with Crippen LogP contribution in [0.4, 0.5) is 0 Å². The molecular weight excluding hydrogens is 376 g/mol. The monoisotopic (exact) mass is 396 g/mol. The minimum absolute atomic E-state index is 0.0603. The van der Waals surface area contributed by atoms with Gasteiger partial charge < -0.3 is 0 Å². The first-order valence-electron chi connectivity index (χ1n) is 11.1. The summed E-state index contributed by atoms with van der Waals surface area (Å²) in [4.78, 5) is 8.67. The summed E-state index contributed by atoms with van der Waals surface area (Å²) in [5.74, 6) is 0. The van der Waals surface area contributed by atoms with Crippen molar-refractivity contribution in [2.45, 2.75) is 0 Å². The summed E-state index contributed by atoms with van der Waals surface area (Å²) in [6.45, 7) is 0. The molecule has 0 saturated carbocycles. The van der Waals surface area contributed by atoms with Gasteiger partial charge in [0.05, 0.1) is 16.7 Å². The maximum Gasteiger partial charge on any atom is 0.223 e. The molecule has 5 aromatic rings. The molecule has 1 aromatic heterocycles. The van der Waals surface area contributed by atoms with Crippen molar-refractivity contribution in [3.8, 4) is 33.5 Å². The smallest absolute Gasteiger partial charge is 0.218 e. The Labute approximate surface area is 180 Å². The quantitative estimate of drug-likeness (QED) is 0.299. The zero-order valence-electron chi connectivity index (χ0n) is 19.3. The lowest BCUT2D eigenvalue weighted by molar-refractivity contribution is 1.22. The molecular formula is C26H17ClN2. The van der Waals surface area contributed by atoms with E-state index in [1.807, 2.05) is 54.6 Å². The summed E-state index contributed by atoms with van der Waals surface area (Å²) in [5, 5.41) is 1.02. The molecule has 29 heavy (non-hydrogen) atoms. The highest BCUT2D eigenvalue weighted by Crippen LogP contribution is 2.30. The van der Waals surface area contributed by atoms with Crippen LogP contribution in [-0.2, 0) is 0 Å². The third kappa shape index (κ3) is 3.51. The van der Waals surface area contributed by atoms with E-state index in [0.717, 1.165) is 16.5 Å². The standard InChI is InChI=1S/C26H17ClN2/c27-26-28-24-9-5-4-8-23(24)25(29-26)22-16-14-21(15-17-22)20-12-10-19(11-13-20)18-6-2-1-3-7-18/h1-17H/i10D,11D,12D,13D. The largest absolute Gasteiger partial charge is 0.223 e. The molecule has 1 heterocycles. The number of hydrogen-bond acceptors (Lipinski definition) is 2. The highest BCUT2D eigenvalue weighted by Gasteiger charge is 2.09. The van der Waals surface area contributed by atoms with Gasteiger partial charge in [-0.2, -0.15) is 0 Å². The molecule has 0 fully saturated rings. The third-order valence-electron chi connectivity index (χ3n) is 4.71. The van der Waals surface area contributed by atoms with Crippen molar-refractivity contribution >= 4 is 22.5 Å². The molecule has 2 nitrogen and oxygen atoms in total. The van der Waals surface area contributed by atoms with Gasteiger partial charge in [0.1, 0.15) is 0 Å². The molecule has 0 aliphatic carbocycles. The Kier molecular flexibility index (Phi) is 3.53. The number of fused-ring (bicyclic) bond motifs is 1. The van der Waals surface area contributed by atoms with Crippen LogP contribution in [0.1, 0.15) is 5.48 Å². The maximum atomic E-state index is 8.59. The van der Waals surface area contributed by atoms with E-state index in [-0.39, 0.29) is 35.0 Å². The lowest BCUT2D eigenvalue weighted by Crippen LogP contribution is -1.91. The average Bonchev–Trinajstić information content (AvgIpc) is 2.84. The number of nitrogens with zero attached hydrogens (tertiary/aromatic N) is 2. The van der Waals surface area contributed by atoms with Crippen molar-refractivity contribution in [2.24, 2.45) is 0 Å². The SMILES string of the molecule is [2H]c1c([2H])c(-c2ccc(-c3nc(Cl)nc4ccccc34)cc2)c([2H])c([2H])c1-c1ccccc1. The van der Waals surface area contributed by atoms with Gasteiger partial charge in [-0.15, -0.1) is 0 Å². The van der Waals surface area contributed by atoms with Crippen LogP contribution in [0.2, 0.25) is 5.28 Å². The van der Waals surface area contributed by atoms with Crippen molar-refractivity contribution < 1.29 is 5.48 Å². The van der Waals surface area contributed by atoms with E-state index in [9.17, 15) is 0 Å². The van der Waals surface area contributed by atoms with E-state index in [1.165, 1.54) is 0 Å². The minimum atomic E-state index is -0.0712. The first kappa shape index (κ1) is 13.6. The van der Waals surface area contributed by atoms with E-state index in [0.29, 0.717) is 22.4 Å². The van der Waals surface area contributed by atoms with Crippen LogP contribution >= 0.6 is 11.6 Å². The summed E-state index contributed by atoms with van der Waals surface area (Å²) in [5.41, 5.74) is 4.07. The van der Waals surface area contributed by atoms with Crippen LogP contribution in [0.3, 0.4) is 0 Å². The molecule has 4 aromatic carbocycles. The summed E-state index contributed by atoms with van der Waals surface area (Å²) in [6.07, 6.45) is 0. The van der Waals surface area contributed by atoms with Crippen molar-refractivity contribution in [3.63, 3.8) is 0 Å². The van der Waals surface area contributed by atoms with Gasteiger partial charge in [0.2, 0.25) is 5.28 Å². The van der Waals surface area contributed by atoms with Gasteiger partial charge in [0.25, 0.3) is 0 Å². The van der Waals surface area contributed by atoms with E-state index in [4.69, 9.17) is 17.1 Å². The van der Waals surface area contributed by atoms with Crippen LogP contribution in [0.15, 0.2) is 103 Å². The van der Waals surface area contributed by atoms with Gasteiger partial charge in [-0.1, -0.05) is 97.0 Å². The molecule has 0 amide bonds. The minimum Gasteiger partial charge on any atom is -0.218 e. The molecule has 0 aliphatic heterocycles. The molecule has 138 valence electrons. The fraction of sp³-hybridized carbons (Fsp3) is 0. The molecule has 5 rings (SSSR count). The second-order valence-corrected chi connectivity index (χ2v) is 6.89. The van der Waals surface area contributed by atoms with Crippen molar-refractivity contribution in [1.29, 1.82) is 0 Å². The first-order chi connectivity index (χ1) is 16.0. The number of benzene rings is 4. The number of rotatable bonds is 3. The van der Waals surface area contributed by atoms with Crippen molar-refractivity contribution in [1.82, 2.24) is 9.97 Å². The molecule has 0 unspecified atom stereocenters. The summed E-state index contributed by atoms with van der Waals surface area (Å²) >= 11 is 6.13. The van der Waals surface area contributed by atoms with Crippen LogP contribution in [0.25, 0.3) is 44.4 Å². The molecule has 0 N–H and O–H groups in total. The van der Waals surface area contributed by atoms with Crippen LogP contribution in [0.5, 0.6) is 0 Å². The Morgan fingerprint density at radius 3 is 1.79 bits per heavy atom. The van der Waals surface area contributed by atoms with Crippen molar-refractivity contribution in [2.75, 3.05) is 0 Å². The van der Waals surface area contributed by atoms with E-state index in [1.54, 1.807) is 24.3 Å². The van der Waals surface area contributed by atoms with Gasteiger partial charge >= 0.3 is 0 Å². The Morgan fingerprint density at radius 2 is 1.10 bits per heavy atom. The van der Waals surface area contributed by atoms with Crippen LogP contribution in [0, 0.1) is 0 Å². The predicted octanol–water partition coefficient (Wildman–Crippen LogP) is 7.28. The zero-order valence-corrected chi connectivity index (χ0v) is 16.0. The topological polar surface area (TPSA) is 25.8 Å². The van der Waals surface area contributed by atoms with Gasteiger partial charge in [-0.05, 0) is 39.9 Å². The highest BCUT2D eigenvalue weighted by atomic mass is 35.5. The molecule has 0 aliphatic rings. The Morgan fingerprint density at radius 1 is 0.552 bits per heavy atom. The van der Waals surface area contributed by atoms with Gasteiger partial charge in [-0.25, -0.2) is 9.97 Å². The molecule has 0 saturated heterocycles. The molecule has 0 atom stereocenters. The van der Waals surface area contributed by atoms with Gasteiger partial charge in [0.15, 0.2) is 0 Å². The Hall–Kier alpha value is -3.49. The van der Waals surface area contributed by atoms with E-state index >= 15 is 0 Å². The van der Waals surface area contributed by atoms with Crippen molar-refractivity contribution in [3.05, 3.63) is 108 Å². The molecule has 0 spiro atoms. The van der Waals surface area contributed by atoms with Crippen LogP contribution < -0.4 is 0 Å². The number of para-hydroxylation sites is 1. The van der Waals surface area contributed by atoms with E-state index in [2.05, 4.69) is 9.97 Å². The first-order valence-corrected chi connectivity index (χ1v) is 9.52. The molecule has 3 heteroatoms. The van der Waals surface area contributed by atoms with E-state index < -0.39 is 0 Å². The summed E-state index contributed by atoms with van der Waals surface area (Å²) in [7, 11) is 0. The molecule has 0 radical (unpaired) electrons. The second-order valence-electron chi connectivity index (χ2n) is 6.55. The zero-order chi connectivity index (χ0) is 23.1.